The third-order valence-electron chi connectivity index (χ3n) is 6.93. The number of fused-ring (bicyclic) bond motifs is 2. The highest BCUT2D eigenvalue weighted by Crippen LogP contribution is 2.49. The minimum Gasteiger partial charge on any atom is -0.463 e. The summed E-state index contributed by atoms with van der Waals surface area (Å²) in [7, 11) is 1.90. The number of carbonyl (C=O) groups is 2. The van der Waals surface area contributed by atoms with Gasteiger partial charge in [-0.15, -0.1) is 0 Å². The monoisotopic (exact) mass is 418 g/mol. The summed E-state index contributed by atoms with van der Waals surface area (Å²) in [6.07, 6.45) is 6.47. The Labute approximate surface area is 177 Å². The van der Waals surface area contributed by atoms with E-state index in [1.54, 1.807) is 18.2 Å². The summed E-state index contributed by atoms with van der Waals surface area (Å²) >= 11 is 0. The van der Waals surface area contributed by atoms with Crippen LogP contribution < -0.4 is 4.74 Å². The summed E-state index contributed by atoms with van der Waals surface area (Å²) in [5, 5.41) is 0. The Balaban J connectivity index is 1.34. The molecule has 0 radical (unpaired) electrons. The molecule has 1 aliphatic carbocycles. The fourth-order valence-electron chi connectivity index (χ4n) is 5.13. The van der Waals surface area contributed by atoms with Gasteiger partial charge in [-0.2, -0.15) is 0 Å². The van der Waals surface area contributed by atoms with Gasteiger partial charge in [0, 0.05) is 31.6 Å². The first-order valence-electron chi connectivity index (χ1n) is 11.1. The van der Waals surface area contributed by atoms with Gasteiger partial charge in [0.25, 0.3) is 0 Å². The predicted molar refractivity (Wildman–Crippen MR) is 110 cm³/mol. The molecule has 0 unspecified atom stereocenters. The zero-order valence-electron chi connectivity index (χ0n) is 17.7. The molecule has 30 heavy (non-hydrogen) atoms. The first-order chi connectivity index (χ1) is 14.5. The summed E-state index contributed by atoms with van der Waals surface area (Å²) in [5.74, 6) is 0.0964. The number of benzene rings is 1. The second kappa shape index (κ2) is 8.92. The van der Waals surface area contributed by atoms with Crippen molar-refractivity contribution in [3.8, 4) is 5.75 Å². The molecule has 1 amide bonds. The summed E-state index contributed by atoms with van der Waals surface area (Å²) in [4.78, 5) is 29.7. The van der Waals surface area contributed by atoms with E-state index in [-0.39, 0.29) is 11.8 Å². The van der Waals surface area contributed by atoms with Crippen LogP contribution in [0.5, 0.6) is 5.75 Å². The largest absolute Gasteiger partial charge is 0.463 e. The number of hydrogen-bond acceptors (Lipinski definition) is 5. The quantitative estimate of drug-likeness (QED) is 0.662. The van der Waals surface area contributed by atoms with E-state index in [0.717, 1.165) is 31.7 Å². The van der Waals surface area contributed by atoms with Crippen LogP contribution in [-0.2, 0) is 15.1 Å². The Morgan fingerprint density at radius 1 is 1.27 bits per heavy atom. The van der Waals surface area contributed by atoms with Gasteiger partial charge in [-0.1, -0.05) is 12.5 Å². The van der Waals surface area contributed by atoms with Gasteiger partial charge in [-0.05, 0) is 63.7 Å². The molecular formula is C23H31FN2O4. The lowest BCUT2D eigenvalue weighted by Gasteiger charge is -2.37. The average Bonchev–Trinajstić information content (AvgIpc) is 3.04. The number of rotatable bonds is 6. The maximum atomic E-state index is 12.9. The summed E-state index contributed by atoms with van der Waals surface area (Å²) in [5.41, 5.74) is 0.622. The number of alkyl halides is 1. The van der Waals surface area contributed by atoms with E-state index in [9.17, 15) is 14.0 Å². The van der Waals surface area contributed by atoms with Crippen molar-refractivity contribution in [1.29, 1.82) is 0 Å². The van der Waals surface area contributed by atoms with Gasteiger partial charge < -0.3 is 19.3 Å². The molecule has 1 saturated heterocycles. The molecule has 6 nitrogen and oxygen atoms in total. The predicted octanol–water partition coefficient (Wildman–Crippen LogP) is 3.49. The zero-order valence-corrected chi connectivity index (χ0v) is 17.7. The molecular weight excluding hydrogens is 387 g/mol. The molecule has 164 valence electrons. The number of nitrogens with zero attached hydrogens (tertiary/aromatic N) is 2. The van der Waals surface area contributed by atoms with Crippen LogP contribution in [0.1, 0.15) is 60.9 Å². The number of likely N-dealkylation sites (tertiary alicyclic amines) is 1. The minimum absolute atomic E-state index is 0.0288. The van der Waals surface area contributed by atoms with E-state index in [1.807, 2.05) is 11.9 Å². The van der Waals surface area contributed by atoms with Crippen LogP contribution >= 0.6 is 0 Å². The first-order valence-corrected chi connectivity index (χ1v) is 11.1. The number of hydrogen-bond donors (Lipinski definition) is 0. The number of halogens is 1. The maximum Gasteiger partial charge on any atom is 0.339 e. The highest BCUT2D eigenvalue weighted by atomic mass is 19.1. The molecule has 2 fully saturated rings. The molecule has 0 atom stereocenters. The maximum absolute atomic E-state index is 12.9. The smallest absolute Gasteiger partial charge is 0.339 e. The Morgan fingerprint density at radius 3 is 2.70 bits per heavy atom. The van der Waals surface area contributed by atoms with Crippen molar-refractivity contribution in [1.82, 2.24) is 9.80 Å². The van der Waals surface area contributed by atoms with Crippen LogP contribution in [0.3, 0.4) is 0 Å². The molecule has 1 aromatic carbocycles. The third-order valence-corrected chi connectivity index (χ3v) is 6.93. The number of likely N-dealkylation sites (N-methyl/N-ethyl adjacent to an activating group) is 1. The highest BCUT2D eigenvalue weighted by Gasteiger charge is 2.48. The van der Waals surface area contributed by atoms with E-state index < -0.39 is 18.4 Å². The molecule has 7 heteroatoms. The fraction of sp³-hybridized carbons (Fsp3) is 0.652. The second-order valence-electron chi connectivity index (χ2n) is 8.78. The Morgan fingerprint density at radius 2 is 2.00 bits per heavy atom. The van der Waals surface area contributed by atoms with Gasteiger partial charge in [0.1, 0.15) is 11.4 Å². The van der Waals surface area contributed by atoms with Crippen LogP contribution in [0.4, 0.5) is 4.39 Å². The van der Waals surface area contributed by atoms with Crippen molar-refractivity contribution in [3.63, 3.8) is 0 Å². The number of amides is 1. The lowest BCUT2D eigenvalue weighted by atomic mass is 9.74. The number of esters is 1. The summed E-state index contributed by atoms with van der Waals surface area (Å²) in [6, 6.07) is 5.03. The van der Waals surface area contributed by atoms with Crippen molar-refractivity contribution >= 4 is 11.9 Å². The molecule has 0 bridgehead atoms. The van der Waals surface area contributed by atoms with Gasteiger partial charge in [0.15, 0.2) is 0 Å². The van der Waals surface area contributed by atoms with Crippen LogP contribution in [0.2, 0.25) is 0 Å². The van der Waals surface area contributed by atoms with Crippen molar-refractivity contribution in [2.45, 2.75) is 50.5 Å². The van der Waals surface area contributed by atoms with Crippen LogP contribution in [-0.4, -0.2) is 61.8 Å². The van der Waals surface area contributed by atoms with Gasteiger partial charge in [-0.25, -0.2) is 9.18 Å². The van der Waals surface area contributed by atoms with Crippen molar-refractivity contribution in [2.24, 2.45) is 5.92 Å². The zero-order chi connectivity index (χ0) is 21.1. The standard InChI is InChI=1S/C23H31FN2O4/c1-25(13-14-26-11-3-2-4-12-26)21(27)17-7-9-23(10-8-17)20-6-5-18(29-16-24)15-19(20)22(28)30-23/h5-6,15,17H,2-4,7-14,16H2,1H3/t17-,23-. The normalized spacial score (nSPS) is 26.3. The topological polar surface area (TPSA) is 59.1 Å². The molecule has 4 rings (SSSR count). The molecule has 2 aliphatic heterocycles. The third kappa shape index (κ3) is 4.17. The summed E-state index contributed by atoms with van der Waals surface area (Å²) < 4.78 is 23.1. The van der Waals surface area contributed by atoms with Crippen LogP contribution in [0.15, 0.2) is 18.2 Å². The number of carbonyl (C=O) groups excluding carboxylic acids is 2. The average molecular weight is 419 g/mol. The van der Waals surface area contributed by atoms with Gasteiger partial charge >= 0.3 is 5.97 Å². The summed E-state index contributed by atoms with van der Waals surface area (Å²) in [6.45, 7) is 3.03. The molecule has 1 saturated carbocycles. The van der Waals surface area contributed by atoms with E-state index >= 15 is 0 Å². The molecule has 3 aliphatic rings. The van der Waals surface area contributed by atoms with Crippen molar-refractivity contribution < 1.29 is 23.5 Å². The van der Waals surface area contributed by atoms with E-state index in [1.165, 1.54) is 19.3 Å². The Kier molecular flexibility index (Phi) is 6.27. The second-order valence-corrected chi connectivity index (χ2v) is 8.78. The Bertz CT molecular complexity index is 785. The van der Waals surface area contributed by atoms with E-state index in [0.29, 0.717) is 37.0 Å². The van der Waals surface area contributed by atoms with Gasteiger partial charge in [0.2, 0.25) is 12.8 Å². The lowest BCUT2D eigenvalue weighted by molar-refractivity contribution is -0.137. The molecule has 0 N–H and O–H groups in total. The highest BCUT2D eigenvalue weighted by molar-refractivity contribution is 5.95. The molecule has 0 aromatic heterocycles. The van der Waals surface area contributed by atoms with E-state index in [2.05, 4.69) is 4.90 Å². The van der Waals surface area contributed by atoms with Gasteiger partial charge in [-0.3, -0.25) is 4.79 Å². The van der Waals surface area contributed by atoms with Crippen LogP contribution in [0, 0.1) is 5.92 Å². The number of piperidine rings is 1. The van der Waals surface area contributed by atoms with Gasteiger partial charge in [0.05, 0.1) is 5.56 Å². The molecule has 1 aromatic rings. The minimum atomic E-state index is -0.936. The van der Waals surface area contributed by atoms with E-state index in [4.69, 9.17) is 9.47 Å². The van der Waals surface area contributed by atoms with Crippen molar-refractivity contribution in [3.05, 3.63) is 29.3 Å². The SMILES string of the molecule is CN(CCN1CCCCC1)C(=O)[C@H]1CC[C@@]2(CC1)OC(=O)c1cc(OCF)ccc12. The number of ether oxygens (including phenoxy) is 2. The lowest BCUT2D eigenvalue weighted by Crippen LogP contribution is -2.43. The van der Waals surface area contributed by atoms with Crippen molar-refractivity contribution in [2.75, 3.05) is 40.1 Å². The first kappa shape index (κ1) is 21.1. The van der Waals surface area contributed by atoms with Crippen LogP contribution in [0.25, 0.3) is 0 Å². The fourth-order valence-corrected chi connectivity index (χ4v) is 5.13. The molecule has 1 spiro atoms. The molecule has 2 heterocycles. The Hall–Kier alpha value is -2.15.